The van der Waals surface area contributed by atoms with E-state index in [1.807, 2.05) is 18.7 Å². The van der Waals surface area contributed by atoms with Crippen LogP contribution in [0.15, 0.2) is 18.2 Å². The SMILES string of the molecule is CCN(CC)c1nc(N)nc(-c2cc(Cl)ccc2Cl)n1. The second kappa shape index (κ2) is 6.24. The van der Waals surface area contributed by atoms with Crippen LogP contribution in [0, 0.1) is 0 Å². The highest BCUT2D eigenvalue weighted by Gasteiger charge is 2.13. The highest BCUT2D eigenvalue weighted by molar-refractivity contribution is 6.35. The van der Waals surface area contributed by atoms with Gasteiger partial charge in [0.2, 0.25) is 11.9 Å². The van der Waals surface area contributed by atoms with Crippen LogP contribution in [-0.4, -0.2) is 28.0 Å². The Labute approximate surface area is 127 Å². The Hall–Kier alpha value is -1.59. The summed E-state index contributed by atoms with van der Waals surface area (Å²) in [5, 5.41) is 1.08. The Morgan fingerprint density at radius 1 is 1.10 bits per heavy atom. The molecule has 2 N–H and O–H groups in total. The molecule has 0 amide bonds. The van der Waals surface area contributed by atoms with E-state index in [0.717, 1.165) is 13.1 Å². The van der Waals surface area contributed by atoms with E-state index in [2.05, 4.69) is 15.0 Å². The molecular formula is C13H15Cl2N5. The van der Waals surface area contributed by atoms with Gasteiger partial charge >= 0.3 is 0 Å². The summed E-state index contributed by atoms with van der Waals surface area (Å²) in [7, 11) is 0. The number of rotatable bonds is 4. The molecule has 0 saturated heterocycles. The van der Waals surface area contributed by atoms with Crippen molar-refractivity contribution in [1.29, 1.82) is 0 Å². The molecule has 2 rings (SSSR count). The van der Waals surface area contributed by atoms with Crippen molar-refractivity contribution in [3.63, 3.8) is 0 Å². The number of aromatic nitrogens is 3. The zero-order valence-electron chi connectivity index (χ0n) is 11.3. The van der Waals surface area contributed by atoms with Crippen molar-refractivity contribution < 1.29 is 0 Å². The van der Waals surface area contributed by atoms with Crippen LogP contribution in [0.4, 0.5) is 11.9 Å². The highest BCUT2D eigenvalue weighted by atomic mass is 35.5. The molecular weight excluding hydrogens is 297 g/mol. The number of hydrogen-bond acceptors (Lipinski definition) is 5. The molecule has 0 radical (unpaired) electrons. The molecule has 0 spiro atoms. The minimum atomic E-state index is 0.160. The lowest BCUT2D eigenvalue weighted by Gasteiger charge is -2.19. The van der Waals surface area contributed by atoms with E-state index in [4.69, 9.17) is 28.9 Å². The van der Waals surface area contributed by atoms with E-state index in [1.165, 1.54) is 0 Å². The van der Waals surface area contributed by atoms with Gasteiger partial charge in [0.15, 0.2) is 5.82 Å². The van der Waals surface area contributed by atoms with Gasteiger partial charge in [-0.15, -0.1) is 0 Å². The van der Waals surface area contributed by atoms with Crippen molar-refractivity contribution in [3.05, 3.63) is 28.2 Å². The minimum Gasteiger partial charge on any atom is -0.368 e. The lowest BCUT2D eigenvalue weighted by molar-refractivity contribution is 0.816. The third kappa shape index (κ3) is 3.11. The smallest absolute Gasteiger partial charge is 0.230 e. The van der Waals surface area contributed by atoms with Crippen LogP contribution >= 0.6 is 23.2 Å². The van der Waals surface area contributed by atoms with Crippen LogP contribution in [0.5, 0.6) is 0 Å². The maximum absolute atomic E-state index is 6.17. The van der Waals surface area contributed by atoms with Gasteiger partial charge in [-0.05, 0) is 32.0 Å². The van der Waals surface area contributed by atoms with Crippen LogP contribution in [-0.2, 0) is 0 Å². The molecule has 0 atom stereocenters. The van der Waals surface area contributed by atoms with Gasteiger partial charge in [-0.25, -0.2) is 0 Å². The number of nitrogens with zero attached hydrogens (tertiary/aromatic N) is 4. The van der Waals surface area contributed by atoms with Gasteiger partial charge in [0.25, 0.3) is 0 Å². The number of hydrogen-bond donors (Lipinski definition) is 1. The summed E-state index contributed by atoms with van der Waals surface area (Å²) < 4.78 is 0. The summed E-state index contributed by atoms with van der Waals surface area (Å²) in [4.78, 5) is 14.7. The summed E-state index contributed by atoms with van der Waals surface area (Å²) in [5.41, 5.74) is 6.41. The van der Waals surface area contributed by atoms with Gasteiger partial charge in [-0.1, -0.05) is 23.2 Å². The maximum Gasteiger partial charge on any atom is 0.230 e. The molecule has 0 aliphatic heterocycles. The molecule has 0 saturated carbocycles. The molecule has 0 aliphatic rings. The predicted octanol–water partition coefficient (Wildman–Crippen LogP) is 3.27. The lowest BCUT2D eigenvalue weighted by Crippen LogP contribution is -2.25. The molecule has 2 aromatic rings. The molecule has 1 aromatic carbocycles. The first-order chi connectivity index (χ1) is 9.55. The Kier molecular flexibility index (Phi) is 4.62. The Bertz CT molecular complexity index is 614. The van der Waals surface area contributed by atoms with Crippen molar-refractivity contribution in [2.24, 2.45) is 0 Å². The van der Waals surface area contributed by atoms with Crippen molar-refractivity contribution in [2.75, 3.05) is 23.7 Å². The van der Waals surface area contributed by atoms with Gasteiger partial charge in [0.05, 0.1) is 5.02 Å². The summed E-state index contributed by atoms with van der Waals surface area (Å²) in [5.74, 6) is 1.12. The van der Waals surface area contributed by atoms with Crippen LogP contribution in [0.3, 0.4) is 0 Å². The van der Waals surface area contributed by atoms with Gasteiger partial charge in [-0.2, -0.15) is 15.0 Å². The monoisotopic (exact) mass is 311 g/mol. The van der Waals surface area contributed by atoms with Crippen LogP contribution in [0.1, 0.15) is 13.8 Å². The first-order valence-electron chi connectivity index (χ1n) is 6.27. The van der Waals surface area contributed by atoms with Crippen LogP contribution < -0.4 is 10.6 Å². The normalized spacial score (nSPS) is 10.6. The molecule has 106 valence electrons. The quantitative estimate of drug-likeness (QED) is 0.938. The number of nitrogens with two attached hydrogens (primary N) is 1. The van der Waals surface area contributed by atoms with E-state index < -0.39 is 0 Å². The molecule has 1 heterocycles. The zero-order chi connectivity index (χ0) is 14.7. The average Bonchev–Trinajstić information content (AvgIpc) is 2.42. The molecule has 0 fully saturated rings. The fourth-order valence-electron chi connectivity index (χ4n) is 1.82. The number of halogens is 2. The third-order valence-electron chi connectivity index (χ3n) is 2.86. The molecule has 5 nitrogen and oxygen atoms in total. The average molecular weight is 312 g/mol. The van der Waals surface area contributed by atoms with Gasteiger partial charge < -0.3 is 10.6 Å². The molecule has 7 heteroatoms. The number of benzene rings is 1. The second-order valence-corrected chi connectivity index (χ2v) is 4.96. The van der Waals surface area contributed by atoms with Crippen molar-refractivity contribution in [2.45, 2.75) is 13.8 Å². The Morgan fingerprint density at radius 3 is 2.45 bits per heavy atom. The molecule has 20 heavy (non-hydrogen) atoms. The fourth-order valence-corrected chi connectivity index (χ4v) is 2.19. The molecule has 0 bridgehead atoms. The van der Waals surface area contributed by atoms with E-state index in [1.54, 1.807) is 18.2 Å². The maximum atomic E-state index is 6.17. The molecule has 0 aliphatic carbocycles. The van der Waals surface area contributed by atoms with E-state index >= 15 is 0 Å². The van der Waals surface area contributed by atoms with Crippen molar-refractivity contribution in [1.82, 2.24) is 15.0 Å². The predicted molar refractivity (Wildman–Crippen MR) is 83.3 cm³/mol. The van der Waals surface area contributed by atoms with Crippen LogP contribution in [0.2, 0.25) is 10.0 Å². The minimum absolute atomic E-state index is 0.160. The Morgan fingerprint density at radius 2 is 1.80 bits per heavy atom. The standard InChI is InChI=1S/C13H15Cl2N5/c1-3-20(4-2)13-18-11(17-12(16)19-13)9-7-8(14)5-6-10(9)15/h5-7H,3-4H2,1-2H3,(H2,16,17,18,19). The summed E-state index contributed by atoms with van der Waals surface area (Å²) in [6, 6.07) is 5.13. The summed E-state index contributed by atoms with van der Waals surface area (Å²) in [6.07, 6.45) is 0. The van der Waals surface area contributed by atoms with E-state index in [0.29, 0.717) is 27.4 Å². The lowest BCUT2D eigenvalue weighted by atomic mass is 10.2. The van der Waals surface area contributed by atoms with Crippen molar-refractivity contribution in [3.8, 4) is 11.4 Å². The second-order valence-electron chi connectivity index (χ2n) is 4.11. The van der Waals surface area contributed by atoms with Crippen LogP contribution in [0.25, 0.3) is 11.4 Å². The van der Waals surface area contributed by atoms with E-state index in [-0.39, 0.29) is 5.95 Å². The first kappa shape index (κ1) is 14.8. The first-order valence-corrected chi connectivity index (χ1v) is 7.02. The van der Waals surface area contributed by atoms with Gasteiger partial charge in [-0.3, -0.25) is 0 Å². The van der Waals surface area contributed by atoms with Gasteiger partial charge in [0.1, 0.15) is 0 Å². The zero-order valence-corrected chi connectivity index (χ0v) is 12.8. The van der Waals surface area contributed by atoms with Gasteiger partial charge in [0, 0.05) is 23.7 Å². The molecule has 1 aromatic heterocycles. The number of anilines is 2. The largest absolute Gasteiger partial charge is 0.368 e. The summed E-state index contributed by atoms with van der Waals surface area (Å²) >= 11 is 12.2. The summed E-state index contributed by atoms with van der Waals surface area (Å²) in [6.45, 7) is 5.61. The Balaban J connectivity index is 2.54. The highest BCUT2D eigenvalue weighted by Crippen LogP contribution is 2.29. The third-order valence-corrected chi connectivity index (χ3v) is 3.42. The number of nitrogen functional groups attached to an aromatic ring is 1. The molecule has 0 unspecified atom stereocenters. The van der Waals surface area contributed by atoms with Crippen molar-refractivity contribution >= 4 is 35.1 Å². The fraction of sp³-hybridized carbons (Fsp3) is 0.308. The topological polar surface area (TPSA) is 67.9 Å². The van der Waals surface area contributed by atoms with E-state index in [9.17, 15) is 0 Å².